The van der Waals surface area contributed by atoms with Crippen molar-refractivity contribution in [2.24, 2.45) is 0 Å². The Labute approximate surface area is 118 Å². The van der Waals surface area contributed by atoms with Crippen molar-refractivity contribution < 1.29 is 9.90 Å². The normalized spacial score (nSPS) is 11.6. The van der Waals surface area contributed by atoms with Gasteiger partial charge in [-0.1, -0.05) is 52.0 Å². The predicted octanol–water partition coefficient (Wildman–Crippen LogP) is 3.63. The summed E-state index contributed by atoms with van der Waals surface area (Å²) >= 11 is 0. The number of aromatic carboxylic acids is 1. The van der Waals surface area contributed by atoms with Gasteiger partial charge in [0.2, 0.25) is 0 Å². The first-order valence-electron chi connectivity index (χ1n) is 6.76. The number of rotatable bonds is 3. The molecule has 0 saturated carbocycles. The van der Waals surface area contributed by atoms with E-state index in [9.17, 15) is 9.90 Å². The molecule has 1 heterocycles. The molecule has 0 fully saturated rings. The summed E-state index contributed by atoms with van der Waals surface area (Å²) in [6.07, 6.45) is 0.879. The minimum Gasteiger partial charge on any atom is -0.476 e. The zero-order valence-corrected chi connectivity index (χ0v) is 12.3. The minimum atomic E-state index is -0.994. The van der Waals surface area contributed by atoms with E-state index in [-0.39, 0.29) is 11.1 Å². The van der Waals surface area contributed by atoms with Crippen LogP contribution < -0.4 is 0 Å². The number of benzene rings is 1. The Balaban J connectivity index is 2.62. The molecule has 0 amide bonds. The molecule has 0 saturated heterocycles. The quantitative estimate of drug-likeness (QED) is 0.896. The van der Waals surface area contributed by atoms with Crippen LogP contribution in [0.3, 0.4) is 0 Å². The number of nitrogens with zero attached hydrogens (tertiary/aromatic N) is 1. The lowest BCUT2D eigenvalue weighted by Gasteiger charge is -2.16. The number of H-pyrrole nitrogens is 1. The van der Waals surface area contributed by atoms with E-state index in [1.165, 1.54) is 0 Å². The van der Waals surface area contributed by atoms with Crippen LogP contribution in [0.2, 0.25) is 0 Å². The molecule has 1 aromatic heterocycles. The van der Waals surface area contributed by atoms with Crippen molar-refractivity contribution in [2.45, 2.75) is 39.5 Å². The van der Waals surface area contributed by atoms with Gasteiger partial charge in [0, 0.05) is 11.0 Å². The highest BCUT2D eigenvalue weighted by Crippen LogP contribution is 2.29. The number of hydrogen-bond acceptors (Lipinski definition) is 2. The summed E-state index contributed by atoms with van der Waals surface area (Å²) in [5.41, 5.74) is 2.59. The second-order valence-electron chi connectivity index (χ2n) is 5.87. The van der Waals surface area contributed by atoms with Gasteiger partial charge < -0.3 is 10.1 Å². The van der Waals surface area contributed by atoms with E-state index in [0.717, 1.165) is 17.5 Å². The zero-order chi connectivity index (χ0) is 14.9. The van der Waals surface area contributed by atoms with Gasteiger partial charge in [0.05, 0.1) is 5.69 Å². The van der Waals surface area contributed by atoms with Crippen LogP contribution in [0, 0.1) is 0 Å². The van der Waals surface area contributed by atoms with Gasteiger partial charge in [-0.2, -0.15) is 0 Å². The molecule has 0 aliphatic carbocycles. The number of nitrogens with one attached hydrogen (secondary N) is 1. The van der Waals surface area contributed by atoms with E-state index in [4.69, 9.17) is 0 Å². The van der Waals surface area contributed by atoms with Crippen LogP contribution in [0.1, 0.15) is 49.4 Å². The van der Waals surface area contributed by atoms with Crippen LogP contribution >= 0.6 is 0 Å². The first-order chi connectivity index (χ1) is 9.34. The Hall–Kier alpha value is -2.10. The highest BCUT2D eigenvalue weighted by Gasteiger charge is 2.26. The van der Waals surface area contributed by atoms with E-state index >= 15 is 0 Å². The Morgan fingerprint density at radius 1 is 1.30 bits per heavy atom. The summed E-state index contributed by atoms with van der Waals surface area (Å²) in [5, 5.41) is 9.33. The fraction of sp³-hybridized carbons (Fsp3) is 0.375. The average molecular weight is 272 g/mol. The number of carbonyl (C=O) groups is 1. The molecule has 0 unspecified atom stereocenters. The topological polar surface area (TPSA) is 66.0 Å². The van der Waals surface area contributed by atoms with E-state index in [0.29, 0.717) is 11.5 Å². The van der Waals surface area contributed by atoms with Gasteiger partial charge >= 0.3 is 5.97 Å². The van der Waals surface area contributed by atoms with Crippen molar-refractivity contribution in [1.29, 1.82) is 0 Å². The molecule has 1 aromatic carbocycles. The largest absolute Gasteiger partial charge is 0.476 e. The van der Waals surface area contributed by atoms with Crippen LogP contribution in [-0.4, -0.2) is 21.0 Å². The van der Waals surface area contributed by atoms with Gasteiger partial charge in [-0.25, -0.2) is 9.78 Å². The maximum atomic E-state index is 11.4. The first-order valence-corrected chi connectivity index (χ1v) is 6.76. The Morgan fingerprint density at radius 3 is 2.45 bits per heavy atom. The monoisotopic (exact) mass is 272 g/mol. The van der Waals surface area contributed by atoms with E-state index in [1.807, 2.05) is 45.0 Å². The van der Waals surface area contributed by atoms with E-state index < -0.39 is 5.97 Å². The smallest absolute Gasteiger partial charge is 0.356 e. The van der Waals surface area contributed by atoms with Crippen LogP contribution in [0.5, 0.6) is 0 Å². The van der Waals surface area contributed by atoms with Crippen molar-refractivity contribution in [3.8, 4) is 11.4 Å². The molecule has 106 valence electrons. The second-order valence-corrected chi connectivity index (χ2v) is 5.87. The number of hydrogen-bond donors (Lipinski definition) is 2. The summed E-state index contributed by atoms with van der Waals surface area (Å²) in [6.45, 7) is 8.00. The summed E-state index contributed by atoms with van der Waals surface area (Å²) in [7, 11) is 0. The molecular formula is C16H20N2O2. The first kappa shape index (κ1) is 14.3. The molecule has 0 radical (unpaired) electrons. The third kappa shape index (κ3) is 2.59. The standard InChI is InChI=1S/C16H20N2O2/c1-5-10-8-6-7-9-11(10)14-17-12(15(19)20)13(18-14)16(2,3)4/h6-9H,5H2,1-4H3,(H,17,18)(H,19,20). The van der Waals surface area contributed by atoms with E-state index in [2.05, 4.69) is 16.9 Å². The average Bonchev–Trinajstić information content (AvgIpc) is 2.83. The minimum absolute atomic E-state index is 0.110. The molecule has 2 rings (SSSR count). The highest BCUT2D eigenvalue weighted by molar-refractivity contribution is 5.88. The summed E-state index contributed by atoms with van der Waals surface area (Å²) < 4.78 is 0. The van der Waals surface area contributed by atoms with Gasteiger partial charge in [-0.05, 0) is 12.0 Å². The molecule has 0 bridgehead atoms. The maximum Gasteiger partial charge on any atom is 0.356 e. The molecule has 0 spiro atoms. The third-order valence-corrected chi connectivity index (χ3v) is 3.31. The number of carboxylic acid groups (broad SMARTS) is 1. The Morgan fingerprint density at radius 2 is 1.95 bits per heavy atom. The van der Waals surface area contributed by atoms with Gasteiger partial charge in [0.15, 0.2) is 5.69 Å². The van der Waals surface area contributed by atoms with Crippen LogP contribution in [-0.2, 0) is 11.8 Å². The lowest BCUT2D eigenvalue weighted by atomic mass is 9.91. The molecule has 0 aliphatic heterocycles. The van der Waals surface area contributed by atoms with Crippen molar-refractivity contribution >= 4 is 5.97 Å². The molecule has 2 N–H and O–H groups in total. The fourth-order valence-electron chi connectivity index (χ4n) is 2.26. The SMILES string of the molecule is CCc1ccccc1-c1nc(C(=O)O)c(C(C)(C)C)[nH]1. The van der Waals surface area contributed by atoms with Gasteiger partial charge in [-0.15, -0.1) is 0 Å². The second kappa shape index (κ2) is 5.12. The predicted molar refractivity (Wildman–Crippen MR) is 79.1 cm³/mol. The number of aromatic amines is 1. The van der Waals surface area contributed by atoms with Gasteiger partial charge in [0.25, 0.3) is 0 Å². The molecular weight excluding hydrogens is 252 g/mol. The maximum absolute atomic E-state index is 11.4. The fourth-order valence-corrected chi connectivity index (χ4v) is 2.26. The zero-order valence-electron chi connectivity index (χ0n) is 12.3. The number of carboxylic acids is 1. The van der Waals surface area contributed by atoms with Gasteiger partial charge in [-0.3, -0.25) is 0 Å². The molecule has 4 heteroatoms. The number of aryl methyl sites for hydroxylation is 1. The Bertz CT molecular complexity index is 636. The number of imidazole rings is 1. The lowest BCUT2D eigenvalue weighted by Crippen LogP contribution is -2.16. The van der Waals surface area contributed by atoms with E-state index in [1.54, 1.807) is 0 Å². The summed E-state index contributed by atoms with van der Waals surface area (Å²) in [4.78, 5) is 18.9. The lowest BCUT2D eigenvalue weighted by molar-refractivity contribution is 0.0688. The van der Waals surface area contributed by atoms with Crippen molar-refractivity contribution in [3.63, 3.8) is 0 Å². The molecule has 0 atom stereocenters. The summed E-state index contributed by atoms with van der Waals surface area (Å²) in [6, 6.07) is 7.92. The van der Waals surface area contributed by atoms with Crippen LogP contribution in [0.25, 0.3) is 11.4 Å². The van der Waals surface area contributed by atoms with Crippen LogP contribution in [0.4, 0.5) is 0 Å². The van der Waals surface area contributed by atoms with Gasteiger partial charge in [0.1, 0.15) is 5.82 Å². The van der Waals surface area contributed by atoms with Crippen molar-refractivity contribution in [1.82, 2.24) is 9.97 Å². The molecule has 4 nitrogen and oxygen atoms in total. The Kier molecular flexibility index (Phi) is 3.66. The molecule has 0 aliphatic rings. The van der Waals surface area contributed by atoms with Crippen molar-refractivity contribution in [3.05, 3.63) is 41.2 Å². The molecule has 20 heavy (non-hydrogen) atoms. The number of aromatic nitrogens is 2. The van der Waals surface area contributed by atoms with Crippen LogP contribution in [0.15, 0.2) is 24.3 Å². The highest BCUT2D eigenvalue weighted by atomic mass is 16.4. The third-order valence-electron chi connectivity index (χ3n) is 3.31. The molecule has 2 aromatic rings. The summed E-state index contributed by atoms with van der Waals surface area (Å²) in [5.74, 6) is -0.365. The van der Waals surface area contributed by atoms with Crippen molar-refractivity contribution in [2.75, 3.05) is 0 Å².